The second kappa shape index (κ2) is 9.55. The number of carbonyl (C=O) groups excluding carboxylic acids is 1. The van der Waals surface area contributed by atoms with Crippen molar-refractivity contribution in [2.75, 3.05) is 19.6 Å². The molecule has 0 saturated carbocycles. The number of benzene rings is 1. The highest BCUT2D eigenvalue weighted by atomic mass is 35.5. The van der Waals surface area contributed by atoms with Gasteiger partial charge >= 0.3 is 0 Å². The summed E-state index contributed by atoms with van der Waals surface area (Å²) in [7, 11) is 0. The normalized spacial score (nSPS) is 14.7. The molecule has 0 atom stereocenters. The molecule has 1 fully saturated rings. The van der Waals surface area contributed by atoms with Crippen molar-refractivity contribution in [2.24, 2.45) is 0 Å². The minimum atomic E-state index is -0.131. The molecule has 2 heterocycles. The van der Waals surface area contributed by atoms with Gasteiger partial charge in [-0.2, -0.15) is 0 Å². The lowest BCUT2D eigenvalue weighted by molar-refractivity contribution is 0.0746. The van der Waals surface area contributed by atoms with Gasteiger partial charge < -0.3 is 10.2 Å². The molecule has 0 aliphatic carbocycles. The molecule has 0 bridgehead atoms. The zero-order valence-electron chi connectivity index (χ0n) is 14.5. The van der Waals surface area contributed by atoms with Crippen LogP contribution in [0.5, 0.6) is 0 Å². The van der Waals surface area contributed by atoms with E-state index >= 15 is 0 Å². The first kappa shape index (κ1) is 21.0. The van der Waals surface area contributed by atoms with Gasteiger partial charge in [-0.05, 0) is 50.6 Å². The Balaban J connectivity index is 0.00000243. The number of halogens is 3. The maximum absolute atomic E-state index is 12.8. The van der Waals surface area contributed by atoms with Gasteiger partial charge in [0.25, 0.3) is 5.91 Å². The number of aromatic nitrogens is 3. The molecule has 1 aliphatic heterocycles. The minimum Gasteiger partial charge on any atom is -0.333 e. The molecular formula is C17H22Cl3N5O. The topological polar surface area (TPSA) is 63.1 Å². The number of hydrogen-bond acceptors (Lipinski definition) is 4. The number of amides is 1. The molecule has 1 aromatic heterocycles. The average molecular weight is 419 g/mol. The Bertz CT molecular complexity index is 746. The van der Waals surface area contributed by atoms with Gasteiger partial charge in [-0.15, -0.1) is 17.5 Å². The fraction of sp³-hybridized carbons (Fsp3) is 0.471. The smallest absolute Gasteiger partial charge is 0.276 e. The molecule has 0 unspecified atom stereocenters. The summed E-state index contributed by atoms with van der Waals surface area (Å²) in [5.41, 5.74) is 1.30. The molecule has 26 heavy (non-hydrogen) atoms. The standard InChI is InChI=1S/C17H21Cl2N5O.ClH/c1-2-23(10-12-3-4-14(18)15(19)9-12)17(25)16-11-24(22-21-16)13-5-7-20-8-6-13;/h3-4,9,11,13,20H,2,5-8,10H2,1H3;1H. The van der Waals surface area contributed by atoms with Crippen LogP contribution in [-0.2, 0) is 6.54 Å². The highest BCUT2D eigenvalue weighted by Gasteiger charge is 2.22. The van der Waals surface area contributed by atoms with Gasteiger partial charge in [0.05, 0.1) is 22.3 Å². The van der Waals surface area contributed by atoms with E-state index in [9.17, 15) is 4.79 Å². The maximum atomic E-state index is 12.8. The first-order valence-electron chi connectivity index (χ1n) is 8.44. The lowest BCUT2D eigenvalue weighted by Crippen LogP contribution is -2.31. The third kappa shape index (κ3) is 4.88. The summed E-state index contributed by atoms with van der Waals surface area (Å²) in [5, 5.41) is 12.6. The van der Waals surface area contributed by atoms with Crippen molar-refractivity contribution in [1.29, 1.82) is 0 Å². The summed E-state index contributed by atoms with van der Waals surface area (Å²) in [5.74, 6) is -0.131. The number of rotatable bonds is 5. The number of nitrogens with zero attached hydrogens (tertiary/aromatic N) is 4. The molecule has 1 N–H and O–H groups in total. The quantitative estimate of drug-likeness (QED) is 0.806. The Labute approximate surface area is 169 Å². The van der Waals surface area contributed by atoms with E-state index in [0.717, 1.165) is 31.5 Å². The van der Waals surface area contributed by atoms with Crippen LogP contribution in [0.25, 0.3) is 0 Å². The van der Waals surface area contributed by atoms with E-state index in [1.54, 1.807) is 23.2 Å². The maximum Gasteiger partial charge on any atom is 0.276 e. The summed E-state index contributed by atoms with van der Waals surface area (Å²) in [6.07, 6.45) is 3.76. The molecule has 6 nitrogen and oxygen atoms in total. The number of hydrogen-bond donors (Lipinski definition) is 1. The monoisotopic (exact) mass is 417 g/mol. The third-order valence-corrected chi connectivity index (χ3v) is 5.18. The second-order valence-corrected chi connectivity index (χ2v) is 6.95. The van der Waals surface area contributed by atoms with Crippen LogP contribution in [0, 0.1) is 0 Å². The fourth-order valence-corrected chi connectivity index (χ4v) is 3.29. The van der Waals surface area contributed by atoms with E-state index in [4.69, 9.17) is 23.2 Å². The Morgan fingerprint density at radius 2 is 2.04 bits per heavy atom. The first-order chi connectivity index (χ1) is 12.1. The molecule has 0 spiro atoms. The minimum absolute atomic E-state index is 0. The second-order valence-electron chi connectivity index (χ2n) is 6.13. The Kier molecular flexibility index (Phi) is 7.70. The van der Waals surface area contributed by atoms with Crippen LogP contribution < -0.4 is 5.32 Å². The van der Waals surface area contributed by atoms with Crippen molar-refractivity contribution in [3.8, 4) is 0 Å². The van der Waals surface area contributed by atoms with Gasteiger partial charge in [0.2, 0.25) is 0 Å². The molecule has 142 valence electrons. The molecule has 2 aromatic rings. The highest BCUT2D eigenvalue weighted by molar-refractivity contribution is 6.42. The van der Waals surface area contributed by atoms with Crippen molar-refractivity contribution in [3.05, 3.63) is 45.7 Å². The van der Waals surface area contributed by atoms with Crippen molar-refractivity contribution < 1.29 is 4.79 Å². The fourth-order valence-electron chi connectivity index (χ4n) is 2.97. The van der Waals surface area contributed by atoms with Gasteiger partial charge in [-0.1, -0.05) is 34.5 Å². The first-order valence-corrected chi connectivity index (χ1v) is 9.20. The van der Waals surface area contributed by atoms with E-state index in [1.165, 1.54) is 0 Å². The summed E-state index contributed by atoms with van der Waals surface area (Å²) in [6.45, 7) is 4.89. The van der Waals surface area contributed by atoms with Gasteiger partial charge in [0, 0.05) is 13.1 Å². The Morgan fingerprint density at radius 3 is 2.69 bits per heavy atom. The van der Waals surface area contributed by atoms with Crippen LogP contribution in [-0.4, -0.2) is 45.4 Å². The van der Waals surface area contributed by atoms with Crippen molar-refractivity contribution in [2.45, 2.75) is 32.4 Å². The van der Waals surface area contributed by atoms with Crippen LogP contribution in [0.1, 0.15) is 41.9 Å². The molecule has 9 heteroatoms. The molecule has 1 amide bonds. The van der Waals surface area contributed by atoms with E-state index in [-0.39, 0.29) is 18.3 Å². The van der Waals surface area contributed by atoms with Crippen molar-refractivity contribution in [3.63, 3.8) is 0 Å². The van der Waals surface area contributed by atoms with E-state index in [2.05, 4.69) is 15.6 Å². The van der Waals surface area contributed by atoms with Crippen LogP contribution in [0.15, 0.2) is 24.4 Å². The summed E-state index contributed by atoms with van der Waals surface area (Å²) in [4.78, 5) is 14.5. The van der Waals surface area contributed by atoms with Crippen molar-refractivity contribution >= 4 is 41.5 Å². The molecule has 1 aromatic carbocycles. The SMILES string of the molecule is CCN(Cc1ccc(Cl)c(Cl)c1)C(=O)c1cn(C2CCNCC2)nn1.Cl. The zero-order chi connectivity index (χ0) is 17.8. The predicted octanol–water partition coefficient (Wildman–Crippen LogP) is 3.59. The van der Waals surface area contributed by atoms with Gasteiger partial charge in [-0.25, -0.2) is 4.68 Å². The predicted molar refractivity (Wildman–Crippen MR) is 105 cm³/mol. The lowest BCUT2D eigenvalue weighted by Gasteiger charge is -2.22. The molecular weight excluding hydrogens is 397 g/mol. The number of carbonyl (C=O) groups is 1. The lowest BCUT2D eigenvalue weighted by atomic mass is 10.1. The summed E-state index contributed by atoms with van der Waals surface area (Å²) >= 11 is 12.0. The number of piperidine rings is 1. The zero-order valence-corrected chi connectivity index (χ0v) is 16.8. The van der Waals surface area contributed by atoms with Crippen LogP contribution >= 0.6 is 35.6 Å². The molecule has 1 saturated heterocycles. The Morgan fingerprint density at radius 1 is 1.31 bits per heavy atom. The largest absolute Gasteiger partial charge is 0.333 e. The summed E-state index contributed by atoms with van der Waals surface area (Å²) in [6, 6.07) is 5.70. The van der Waals surface area contributed by atoms with Gasteiger partial charge in [0.15, 0.2) is 5.69 Å². The van der Waals surface area contributed by atoms with Crippen molar-refractivity contribution in [1.82, 2.24) is 25.2 Å². The van der Waals surface area contributed by atoms with Crippen LogP contribution in [0.2, 0.25) is 10.0 Å². The van der Waals surface area contributed by atoms with E-state index in [1.807, 2.05) is 17.7 Å². The van der Waals surface area contributed by atoms with Gasteiger partial charge in [-0.3, -0.25) is 4.79 Å². The molecule has 0 radical (unpaired) electrons. The van der Waals surface area contributed by atoms with E-state index < -0.39 is 0 Å². The summed E-state index contributed by atoms with van der Waals surface area (Å²) < 4.78 is 1.82. The molecule has 1 aliphatic rings. The molecule has 3 rings (SSSR count). The highest BCUT2D eigenvalue weighted by Crippen LogP contribution is 2.23. The Hall–Kier alpha value is -1.34. The van der Waals surface area contributed by atoms with E-state index in [0.29, 0.717) is 34.9 Å². The third-order valence-electron chi connectivity index (χ3n) is 4.44. The average Bonchev–Trinajstić information content (AvgIpc) is 3.13. The van der Waals surface area contributed by atoms with Gasteiger partial charge in [0.1, 0.15) is 0 Å². The van der Waals surface area contributed by atoms with Crippen LogP contribution in [0.4, 0.5) is 0 Å². The van der Waals surface area contributed by atoms with Crippen LogP contribution in [0.3, 0.4) is 0 Å². The number of nitrogens with one attached hydrogen (secondary N) is 1.